The van der Waals surface area contributed by atoms with Gasteiger partial charge in [0, 0.05) is 0 Å². The second-order valence-electron chi connectivity index (χ2n) is 4.06. The molecule has 1 aliphatic carbocycles. The van der Waals surface area contributed by atoms with Crippen molar-refractivity contribution in [3.05, 3.63) is 0 Å². The Morgan fingerprint density at radius 2 is 1.44 bits per heavy atom. The van der Waals surface area contributed by atoms with Crippen molar-refractivity contribution >= 4 is 0 Å². The van der Waals surface area contributed by atoms with Gasteiger partial charge >= 0.3 is 0 Å². The monoisotopic (exact) mass is 234 g/mol. The Kier molecular flexibility index (Phi) is 11.5. The smallest absolute Gasteiger partial charge is 0.0929 e. The first-order valence-corrected chi connectivity index (χ1v) is 6.61. The molecule has 100 valence electrons. The summed E-state index contributed by atoms with van der Waals surface area (Å²) in [6.07, 6.45) is 2.91. The fraction of sp³-hybridized carbons (Fsp3) is 1.00. The van der Waals surface area contributed by atoms with Gasteiger partial charge in [-0.05, 0) is 31.6 Å². The van der Waals surface area contributed by atoms with Crippen LogP contribution >= 0.6 is 0 Å². The Bertz CT molecular complexity index is 138. The maximum absolute atomic E-state index is 10.0. The molecule has 0 bridgehead atoms. The Morgan fingerprint density at radius 1 is 1.06 bits per heavy atom. The summed E-state index contributed by atoms with van der Waals surface area (Å²) in [6, 6.07) is 0. The van der Waals surface area contributed by atoms with Crippen molar-refractivity contribution in [3.8, 4) is 0 Å². The summed E-state index contributed by atoms with van der Waals surface area (Å²) in [6.45, 7) is 12.1. The first kappa shape index (κ1) is 18.3. The van der Waals surface area contributed by atoms with Gasteiger partial charge in [0.25, 0.3) is 0 Å². The molecule has 0 spiro atoms. The molecule has 0 aliphatic heterocycles. The first-order chi connectivity index (χ1) is 7.58. The van der Waals surface area contributed by atoms with E-state index in [2.05, 4.69) is 4.89 Å². The van der Waals surface area contributed by atoms with Crippen molar-refractivity contribution in [1.29, 1.82) is 0 Å². The molecule has 0 atom stereocenters. The highest BCUT2D eigenvalue weighted by Crippen LogP contribution is 2.34. The van der Waals surface area contributed by atoms with E-state index in [-0.39, 0.29) is 12.0 Å². The zero-order valence-electron chi connectivity index (χ0n) is 11.8. The lowest BCUT2D eigenvalue weighted by Gasteiger charge is -2.37. The highest BCUT2D eigenvalue weighted by Gasteiger charge is 2.36. The van der Waals surface area contributed by atoms with Crippen molar-refractivity contribution in [2.75, 3.05) is 0 Å². The maximum Gasteiger partial charge on any atom is 0.0929 e. The summed E-state index contributed by atoms with van der Waals surface area (Å²) in [5, 5.41) is 18.4. The molecule has 0 amide bonds. The predicted octanol–water partition coefficient (Wildman–Crippen LogP) is 3.86. The van der Waals surface area contributed by atoms with Gasteiger partial charge < -0.3 is 5.11 Å². The molecule has 2 N–H and O–H groups in total. The van der Waals surface area contributed by atoms with Crippen LogP contribution in [0.25, 0.3) is 0 Å². The van der Waals surface area contributed by atoms with Gasteiger partial charge in [-0.1, -0.05) is 41.5 Å². The summed E-state index contributed by atoms with van der Waals surface area (Å²) in [4.78, 5) is 4.25. The number of rotatable bonds is 2. The highest BCUT2D eigenvalue weighted by atomic mass is 17.1. The van der Waals surface area contributed by atoms with Crippen LogP contribution in [0.15, 0.2) is 0 Å². The Balaban J connectivity index is 0. The Hall–Kier alpha value is -0.120. The summed E-state index contributed by atoms with van der Waals surface area (Å²) in [5.74, 6) is 0.289. The van der Waals surface area contributed by atoms with Crippen LogP contribution in [0.1, 0.15) is 67.2 Å². The van der Waals surface area contributed by atoms with Crippen LogP contribution in [0.3, 0.4) is 0 Å². The van der Waals surface area contributed by atoms with Gasteiger partial charge in [0.2, 0.25) is 0 Å². The van der Waals surface area contributed by atoms with E-state index in [0.717, 1.165) is 25.7 Å². The van der Waals surface area contributed by atoms with E-state index < -0.39 is 5.60 Å². The van der Waals surface area contributed by atoms with Crippen molar-refractivity contribution in [2.24, 2.45) is 5.92 Å². The van der Waals surface area contributed by atoms with E-state index >= 15 is 0 Å². The van der Waals surface area contributed by atoms with E-state index in [4.69, 9.17) is 5.26 Å². The van der Waals surface area contributed by atoms with Crippen LogP contribution in [-0.4, -0.2) is 22.1 Å². The van der Waals surface area contributed by atoms with Crippen LogP contribution < -0.4 is 0 Å². The molecule has 0 saturated heterocycles. The summed E-state index contributed by atoms with van der Waals surface area (Å²) >= 11 is 0. The van der Waals surface area contributed by atoms with Crippen LogP contribution in [0, 0.1) is 5.92 Å². The van der Waals surface area contributed by atoms with Gasteiger partial charge in [0.15, 0.2) is 0 Å². The minimum absolute atomic E-state index is 0.0657. The zero-order chi connectivity index (χ0) is 13.2. The molecule has 0 aromatic heterocycles. The molecule has 0 unspecified atom stereocenters. The van der Waals surface area contributed by atoms with Gasteiger partial charge in [-0.2, -0.15) is 0 Å². The van der Waals surface area contributed by atoms with E-state index in [1.165, 1.54) is 0 Å². The average molecular weight is 234 g/mol. The second-order valence-corrected chi connectivity index (χ2v) is 4.06. The lowest BCUT2D eigenvalue weighted by atomic mass is 9.76. The quantitative estimate of drug-likeness (QED) is 0.563. The van der Waals surface area contributed by atoms with E-state index in [0.29, 0.717) is 0 Å². The number of aliphatic hydroxyl groups is 1. The average Bonchev–Trinajstić information content (AvgIpc) is 2.35. The number of hydrogen-bond acceptors (Lipinski definition) is 3. The summed E-state index contributed by atoms with van der Waals surface area (Å²) in [5.41, 5.74) is -0.533. The fourth-order valence-corrected chi connectivity index (χ4v) is 1.77. The van der Waals surface area contributed by atoms with Gasteiger partial charge in [-0.15, -0.1) is 0 Å². The third-order valence-electron chi connectivity index (χ3n) is 3.02. The maximum atomic E-state index is 10.0. The minimum Gasteiger partial charge on any atom is -0.390 e. The molecule has 1 saturated carbocycles. The lowest BCUT2D eigenvalue weighted by Crippen LogP contribution is -2.40. The van der Waals surface area contributed by atoms with Crippen LogP contribution in [0.4, 0.5) is 0 Å². The summed E-state index contributed by atoms with van der Waals surface area (Å²) < 4.78 is 0. The fourth-order valence-electron chi connectivity index (χ4n) is 1.77. The predicted molar refractivity (Wildman–Crippen MR) is 68.5 cm³/mol. The lowest BCUT2D eigenvalue weighted by molar-refractivity contribution is -0.290. The molecule has 0 radical (unpaired) electrons. The molecular weight excluding hydrogens is 204 g/mol. The molecule has 16 heavy (non-hydrogen) atoms. The van der Waals surface area contributed by atoms with Crippen LogP contribution in [0.2, 0.25) is 0 Å². The van der Waals surface area contributed by atoms with Crippen molar-refractivity contribution < 1.29 is 15.3 Å². The minimum atomic E-state index is -0.533. The van der Waals surface area contributed by atoms with Gasteiger partial charge in [-0.3, -0.25) is 5.26 Å². The zero-order valence-corrected chi connectivity index (χ0v) is 11.8. The molecule has 0 aromatic rings. The van der Waals surface area contributed by atoms with E-state index in [1.807, 2.05) is 41.5 Å². The van der Waals surface area contributed by atoms with Gasteiger partial charge in [0.05, 0.1) is 11.7 Å². The largest absolute Gasteiger partial charge is 0.390 e. The molecule has 3 heteroatoms. The van der Waals surface area contributed by atoms with Crippen LogP contribution in [0.5, 0.6) is 0 Å². The third kappa shape index (κ3) is 5.83. The van der Waals surface area contributed by atoms with Crippen molar-refractivity contribution in [2.45, 2.75) is 78.9 Å². The van der Waals surface area contributed by atoms with Crippen LogP contribution in [-0.2, 0) is 4.89 Å². The number of hydrogen-bond donors (Lipinski definition) is 2. The standard InChI is InChI=1S/C9H18O3.2C2H6/c1-7(2)9(10)5-3-8(12-11)4-6-9;2*1-2/h7-8,10-11H,3-6H2,1-2H3;2*1-2H3. The highest BCUT2D eigenvalue weighted by molar-refractivity contribution is 4.87. The molecule has 1 rings (SSSR count). The van der Waals surface area contributed by atoms with Gasteiger partial charge in [-0.25, -0.2) is 4.89 Å². The normalized spacial score (nSPS) is 28.7. The van der Waals surface area contributed by atoms with Gasteiger partial charge in [0.1, 0.15) is 0 Å². The molecule has 1 fully saturated rings. The van der Waals surface area contributed by atoms with E-state index in [1.54, 1.807) is 0 Å². The Labute approximate surface area is 101 Å². The Morgan fingerprint density at radius 3 is 1.69 bits per heavy atom. The SMILES string of the molecule is CC.CC.CC(C)C1(O)CCC(OO)CC1. The summed E-state index contributed by atoms with van der Waals surface area (Å²) in [7, 11) is 0. The molecule has 0 heterocycles. The molecule has 3 nitrogen and oxygen atoms in total. The molecular formula is C13H30O3. The topological polar surface area (TPSA) is 49.7 Å². The van der Waals surface area contributed by atoms with Crippen molar-refractivity contribution in [3.63, 3.8) is 0 Å². The molecule has 0 aromatic carbocycles. The third-order valence-corrected chi connectivity index (χ3v) is 3.02. The molecule has 1 aliphatic rings. The van der Waals surface area contributed by atoms with E-state index in [9.17, 15) is 5.11 Å². The first-order valence-electron chi connectivity index (χ1n) is 6.61. The second kappa shape index (κ2) is 10.1. The van der Waals surface area contributed by atoms with Crippen molar-refractivity contribution in [1.82, 2.24) is 0 Å².